The monoisotopic (exact) mass is 297 g/mol. The average molecular weight is 298 g/mol. The van der Waals surface area contributed by atoms with Crippen LogP contribution in [0.3, 0.4) is 0 Å². The molecule has 0 bridgehead atoms. The van der Waals surface area contributed by atoms with Crippen LogP contribution >= 0.6 is 11.6 Å². The molecule has 0 heterocycles. The summed E-state index contributed by atoms with van der Waals surface area (Å²) in [7, 11) is 3.24. The first-order valence-corrected chi connectivity index (χ1v) is 7.06. The van der Waals surface area contributed by atoms with Crippen LogP contribution in [0.1, 0.15) is 18.4 Å². The van der Waals surface area contributed by atoms with E-state index >= 15 is 0 Å². The zero-order valence-electron chi connectivity index (χ0n) is 11.8. The molecule has 1 aromatic rings. The summed E-state index contributed by atoms with van der Waals surface area (Å²) in [6.07, 6.45) is 0.998. The van der Waals surface area contributed by atoms with Crippen LogP contribution < -0.4 is 0 Å². The molecule has 1 aliphatic carbocycles. The number of methoxy groups -OCH3 is 1. The molecule has 1 unspecified atom stereocenters. The number of rotatable bonds is 6. The maximum Gasteiger partial charge on any atom is 0.233 e. The minimum Gasteiger partial charge on any atom is -0.389 e. The first-order valence-electron chi connectivity index (χ1n) is 6.68. The number of carbonyl (C=O) groups is 1. The van der Waals surface area contributed by atoms with Crippen LogP contribution in [-0.4, -0.2) is 49.3 Å². The smallest absolute Gasteiger partial charge is 0.233 e. The molecule has 1 fully saturated rings. The molecule has 5 heteroatoms. The van der Waals surface area contributed by atoms with Gasteiger partial charge in [0.25, 0.3) is 0 Å². The standard InChI is InChI=1S/C15H20ClNO3/c1-17(9-13(18)10-20-2)14(19)15(6-7-15)11-4-3-5-12(16)8-11/h3-5,8,13,18H,6-7,9-10H2,1-2H3. The Morgan fingerprint density at radius 2 is 2.25 bits per heavy atom. The molecule has 20 heavy (non-hydrogen) atoms. The van der Waals surface area contributed by atoms with Crippen LogP contribution in [0, 0.1) is 0 Å². The summed E-state index contributed by atoms with van der Waals surface area (Å²) in [5.41, 5.74) is 0.509. The first-order chi connectivity index (χ1) is 9.49. The topological polar surface area (TPSA) is 49.8 Å². The summed E-state index contributed by atoms with van der Waals surface area (Å²) in [5.74, 6) is 0.0370. The zero-order chi connectivity index (χ0) is 14.8. The van der Waals surface area contributed by atoms with Crippen LogP contribution in [-0.2, 0) is 14.9 Å². The summed E-state index contributed by atoms with van der Waals surface area (Å²) in [4.78, 5) is 14.2. The fourth-order valence-electron chi connectivity index (χ4n) is 2.55. The van der Waals surface area contributed by atoms with E-state index in [1.54, 1.807) is 18.0 Å². The predicted octanol–water partition coefficient (Wildman–Crippen LogP) is 1.84. The summed E-state index contributed by atoms with van der Waals surface area (Å²) in [6, 6.07) is 7.46. The number of carbonyl (C=O) groups excluding carboxylic acids is 1. The number of amides is 1. The van der Waals surface area contributed by atoms with Crippen molar-refractivity contribution in [2.24, 2.45) is 0 Å². The van der Waals surface area contributed by atoms with Crippen molar-refractivity contribution in [3.63, 3.8) is 0 Å². The Hall–Kier alpha value is -1.10. The van der Waals surface area contributed by atoms with Gasteiger partial charge >= 0.3 is 0 Å². The van der Waals surface area contributed by atoms with Crippen molar-refractivity contribution in [3.05, 3.63) is 34.9 Å². The number of halogens is 1. The Balaban J connectivity index is 2.08. The van der Waals surface area contributed by atoms with Gasteiger partial charge in [0.1, 0.15) is 0 Å². The van der Waals surface area contributed by atoms with Crippen molar-refractivity contribution in [2.45, 2.75) is 24.4 Å². The second kappa shape index (κ2) is 6.12. The quantitative estimate of drug-likeness (QED) is 0.871. The number of aliphatic hydroxyl groups is 1. The molecule has 0 radical (unpaired) electrons. The third-order valence-corrected chi connectivity index (χ3v) is 3.96. The third kappa shape index (κ3) is 3.14. The fourth-order valence-corrected chi connectivity index (χ4v) is 2.74. The van der Waals surface area contributed by atoms with E-state index < -0.39 is 11.5 Å². The van der Waals surface area contributed by atoms with Gasteiger partial charge in [-0.2, -0.15) is 0 Å². The molecule has 1 atom stereocenters. The summed E-state index contributed by atoms with van der Waals surface area (Å²) >= 11 is 6.01. The van der Waals surface area contributed by atoms with E-state index in [2.05, 4.69) is 0 Å². The molecule has 1 saturated carbocycles. The molecule has 0 saturated heterocycles. The molecule has 1 amide bonds. The van der Waals surface area contributed by atoms with Gasteiger partial charge in [-0.25, -0.2) is 0 Å². The summed E-state index contributed by atoms with van der Waals surface area (Å²) in [6.45, 7) is 0.497. The lowest BCUT2D eigenvalue weighted by atomic mass is 9.94. The molecule has 1 aliphatic rings. The van der Waals surface area contributed by atoms with Crippen LogP contribution in [0.5, 0.6) is 0 Å². The summed E-state index contributed by atoms with van der Waals surface area (Å²) < 4.78 is 4.88. The molecule has 0 aliphatic heterocycles. The van der Waals surface area contributed by atoms with Gasteiger partial charge in [-0.3, -0.25) is 4.79 Å². The van der Waals surface area contributed by atoms with E-state index in [0.717, 1.165) is 18.4 Å². The minimum absolute atomic E-state index is 0.0370. The van der Waals surface area contributed by atoms with Crippen LogP contribution in [0.4, 0.5) is 0 Å². The van der Waals surface area contributed by atoms with E-state index in [-0.39, 0.29) is 19.1 Å². The second-order valence-electron chi connectivity index (χ2n) is 5.39. The number of hydrogen-bond donors (Lipinski definition) is 1. The molecule has 0 aromatic heterocycles. The number of likely N-dealkylation sites (N-methyl/N-ethyl adjacent to an activating group) is 1. The number of nitrogens with zero attached hydrogens (tertiary/aromatic N) is 1. The molecular formula is C15H20ClNO3. The predicted molar refractivity (Wildman–Crippen MR) is 77.9 cm³/mol. The van der Waals surface area contributed by atoms with Crippen molar-refractivity contribution in [1.29, 1.82) is 0 Å². The zero-order valence-corrected chi connectivity index (χ0v) is 12.6. The Kier molecular flexibility index (Phi) is 4.68. The van der Waals surface area contributed by atoms with Gasteiger partial charge in [-0.05, 0) is 30.5 Å². The average Bonchev–Trinajstić information content (AvgIpc) is 3.19. The Morgan fingerprint density at radius 1 is 1.55 bits per heavy atom. The number of ether oxygens (including phenoxy) is 1. The number of benzene rings is 1. The van der Waals surface area contributed by atoms with Gasteiger partial charge in [-0.1, -0.05) is 23.7 Å². The second-order valence-corrected chi connectivity index (χ2v) is 5.82. The highest BCUT2D eigenvalue weighted by Gasteiger charge is 2.52. The highest BCUT2D eigenvalue weighted by atomic mass is 35.5. The Labute approximate surface area is 124 Å². The molecular weight excluding hydrogens is 278 g/mol. The van der Waals surface area contributed by atoms with E-state index in [1.165, 1.54) is 7.11 Å². The van der Waals surface area contributed by atoms with Crippen molar-refractivity contribution < 1.29 is 14.6 Å². The lowest BCUT2D eigenvalue weighted by molar-refractivity contribution is -0.134. The van der Waals surface area contributed by atoms with E-state index in [4.69, 9.17) is 16.3 Å². The Morgan fingerprint density at radius 3 is 2.80 bits per heavy atom. The SMILES string of the molecule is COCC(O)CN(C)C(=O)C1(c2cccc(Cl)c2)CC1. The number of aliphatic hydroxyl groups excluding tert-OH is 1. The van der Waals surface area contributed by atoms with Gasteiger partial charge in [0, 0.05) is 25.7 Å². The van der Waals surface area contributed by atoms with Crippen molar-refractivity contribution >= 4 is 17.5 Å². The largest absolute Gasteiger partial charge is 0.389 e. The third-order valence-electron chi connectivity index (χ3n) is 3.73. The molecule has 4 nitrogen and oxygen atoms in total. The van der Waals surface area contributed by atoms with Crippen molar-refractivity contribution in [2.75, 3.05) is 27.3 Å². The van der Waals surface area contributed by atoms with Crippen molar-refractivity contribution in [3.8, 4) is 0 Å². The highest BCUT2D eigenvalue weighted by molar-refractivity contribution is 6.30. The lowest BCUT2D eigenvalue weighted by Crippen LogP contribution is -2.41. The van der Waals surface area contributed by atoms with E-state index in [9.17, 15) is 9.90 Å². The molecule has 0 spiro atoms. The highest BCUT2D eigenvalue weighted by Crippen LogP contribution is 2.49. The minimum atomic E-state index is -0.663. The van der Waals surface area contributed by atoms with Crippen LogP contribution in [0.15, 0.2) is 24.3 Å². The van der Waals surface area contributed by atoms with Crippen LogP contribution in [0.2, 0.25) is 5.02 Å². The molecule has 1 N–H and O–H groups in total. The number of hydrogen-bond acceptors (Lipinski definition) is 3. The van der Waals surface area contributed by atoms with E-state index in [1.807, 2.05) is 18.2 Å². The maximum atomic E-state index is 12.6. The summed E-state index contributed by atoms with van der Waals surface area (Å²) in [5, 5.41) is 10.4. The van der Waals surface area contributed by atoms with Crippen LogP contribution in [0.25, 0.3) is 0 Å². The molecule has 110 valence electrons. The molecule has 2 rings (SSSR count). The van der Waals surface area contributed by atoms with Gasteiger partial charge in [-0.15, -0.1) is 0 Å². The Bertz CT molecular complexity index is 488. The van der Waals surface area contributed by atoms with E-state index in [0.29, 0.717) is 5.02 Å². The molecule has 1 aromatic carbocycles. The maximum absolute atomic E-state index is 12.6. The van der Waals surface area contributed by atoms with Gasteiger partial charge in [0.15, 0.2) is 0 Å². The first kappa shape index (κ1) is 15.3. The van der Waals surface area contributed by atoms with Crippen molar-refractivity contribution in [1.82, 2.24) is 4.90 Å². The van der Waals surface area contributed by atoms with Gasteiger partial charge < -0.3 is 14.7 Å². The fraction of sp³-hybridized carbons (Fsp3) is 0.533. The lowest BCUT2D eigenvalue weighted by Gasteiger charge is -2.26. The normalized spacial score (nSPS) is 17.6. The van der Waals surface area contributed by atoms with Gasteiger partial charge in [0.05, 0.1) is 18.1 Å². The van der Waals surface area contributed by atoms with Gasteiger partial charge in [0.2, 0.25) is 5.91 Å².